The zero-order valence-corrected chi connectivity index (χ0v) is 7.79. The second-order valence-electron chi connectivity index (χ2n) is 2.74. The Labute approximate surface area is 86.0 Å². The molecule has 6 heteroatoms. The summed E-state index contributed by atoms with van der Waals surface area (Å²) >= 11 is 0. The first-order valence-corrected chi connectivity index (χ1v) is 4.30. The molecule has 1 amide bonds. The fourth-order valence-electron chi connectivity index (χ4n) is 1.02. The van der Waals surface area contributed by atoms with Crippen LogP contribution >= 0.6 is 0 Å². The zero-order valence-electron chi connectivity index (χ0n) is 7.79. The minimum absolute atomic E-state index is 0.113. The molecule has 0 fully saturated rings. The van der Waals surface area contributed by atoms with Crippen molar-refractivity contribution >= 4 is 18.2 Å². The van der Waals surface area contributed by atoms with Gasteiger partial charge in [-0.3, -0.25) is 10.2 Å². The molecule has 0 bridgehead atoms. The van der Waals surface area contributed by atoms with Crippen LogP contribution in [0, 0.1) is 0 Å². The van der Waals surface area contributed by atoms with Gasteiger partial charge >= 0.3 is 6.09 Å². The van der Waals surface area contributed by atoms with Crippen LogP contribution in [-0.2, 0) is 9.57 Å². The highest BCUT2D eigenvalue weighted by atomic mass is 16.8. The first-order chi connectivity index (χ1) is 7.34. The van der Waals surface area contributed by atoms with Crippen molar-refractivity contribution in [1.82, 2.24) is 5.17 Å². The van der Waals surface area contributed by atoms with E-state index in [1.807, 2.05) is 18.2 Å². The SMILES string of the molecule is O=C(Nc1ccccc1)ON1COC=N1. The number of hydrogen-bond donors (Lipinski definition) is 1. The molecule has 0 saturated heterocycles. The minimum Gasteiger partial charge on any atom is -0.456 e. The number of nitrogens with one attached hydrogen (secondary N) is 1. The van der Waals surface area contributed by atoms with Crippen molar-refractivity contribution in [2.24, 2.45) is 5.10 Å². The Hall–Kier alpha value is -2.24. The van der Waals surface area contributed by atoms with Gasteiger partial charge in [0, 0.05) is 5.69 Å². The summed E-state index contributed by atoms with van der Waals surface area (Å²) in [6, 6.07) is 8.99. The first-order valence-electron chi connectivity index (χ1n) is 4.30. The molecule has 1 aliphatic rings. The van der Waals surface area contributed by atoms with Gasteiger partial charge in [0.2, 0.25) is 6.73 Å². The van der Waals surface area contributed by atoms with Gasteiger partial charge in [-0.1, -0.05) is 23.4 Å². The maximum Gasteiger partial charge on any atom is 0.437 e. The minimum atomic E-state index is -0.608. The highest BCUT2D eigenvalue weighted by Crippen LogP contribution is 2.06. The second-order valence-corrected chi connectivity index (χ2v) is 2.74. The standard InChI is InChI=1S/C9H9N3O3/c13-9(15-12-7-14-6-10-12)11-8-4-2-1-3-5-8/h1-6H,7H2,(H,11,13). The molecule has 1 heterocycles. The fraction of sp³-hybridized carbons (Fsp3) is 0.111. The van der Waals surface area contributed by atoms with Crippen LogP contribution in [0.15, 0.2) is 35.4 Å². The number of rotatable bonds is 2. The molecule has 1 N–H and O–H groups in total. The van der Waals surface area contributed by atoms with Crippen LogP contribution in [0.2, 0.25) is 0 Å². The van der Waals surface area contributed by atoms with Crippen molar-refractivity contribution in [1.29, 1.82) is 0 Å². The van der Waals surface area contributed by atoms with Crippen LogP contribution in [-0.4, -0.2) is 24.4 Å². The van der Waals surface area contributed by atoms with E-state index in [4.69, 9.17) is 9.57 Å². The molecule has 1 aromatic carbocycles. The number of amides is 1. The number of carbonyl (C=O) groups excluding carboxylic acids is 1. The van der Waals surface area contributed by atoms with E-state index in [2.05, 4.69) is 10.4 Å². The maximum absolute atomic E-state index is 11.3. The predicted molar refractivity (Wildman–Crippen MR) is 52.8 cm³/mol. The zero-order chi connectivity index (χ0) is 10.5. The Bertz CT molecular complexity index is 366. The highest BCUT2D eigenvalue weighted by molar-refractivity contribution is 5.84. The summed E-state index contributed by atoms with van der Waals surface area (Å²) in [5.74, 6) is 0. The third kappa shape index (κ3) is 2.60. The second kappa shape index (κ2) is 4.32. The normalized spacial score (nSPS) is 13.5. The molecule has 6 nitrogen and oxygen atoms in total. The Kier molecular flexibility index (Phi) is 2.68. The molecule has 0 unspecified atom stereocenters. The summed E-state index contributed by atoms with van der Waals surface area (Å²) in [6.45, 7) is 0.113. The van der Waals surface area contributed by atoms with E-state index >= 15 is 0 Å². The quantitative estimate of drug-likeness (QED) is 0.795. The van der Waals surface area contributed by atoms with Gasteiger partial charge in [-0.25, -0.2) is 4.79 Å². The number of hydroxylamine groups is 1. The van der Waals surface area contributed by atoms with Crippen molar-refractivity contribution in [2.75, 3.05) is 12.0 Å². The van der Waals surface area contributed by atoms with Crippen molar-refractivity contribution < 1.29 is 14.4 Å². The van der Waals surface area contributed by atoms with Crippen molar-refractivity contribution in [3.8, 4) is 0 Å². The third-order valence-corrected chi connectivity index (χ3v) is 1.64. The number of ether oxygens (including phenoxy) is 1. The molecule has 0 atom stereocenters. The lowest BCUT2D eigenvalue weighted by Crippen LogP contribution is -2.24. The Balaban J connectivity index is 1.84. The number of benzene rings is 1. The number of hydrogen-bond acceptors (Lipinski definition) is 5. The van der Waals surface area contributed by atoms with E-state index in [0.29, 0.717) is 5.69 Å². The van der Waals surface area contributed by atoms with Crippen molar-refractivity contribution in [2.45, 2.75) is 0 Å². The number of hydrazone groups is 1. The molecule has 78 valence electrons. The van der Waals surface area contributed by atoms with Gasteiger partial charge < -0.3 is 4.74 Å². The van der Waals surface area contributed by atoms with Crippen LogP contribution in [0.5, 0.6) is 0 Å². The topological polar surface area (TPSA) is 63.2 Å². The van der Waals surface area contributed by atoms with Gasteiger partial charge in [0.15, 0.2) is 6.40 Å². The summed E-state index contributed by atoms with van der Waals surface area (Å²) in [4.78, 5) is 16.0. The molecule has 15 heavy (non-hydrogen) atoms. The van der Waals surface area contributed by atoms with Crippen molar-refractivity contribution in [3.05, 3.63) is 30.3 Å². The third-order valence-electron chi connectivity index (χ3n) is 1.64. The van der Waals surface area contributed by atoms with E-state index in [1.165, 1.54) is 6.40 Å². The molecule has 0 aromatic heterocycles. The molecule has 0 radical (unpaired) electrons. The number of anilines is 1. The average Bonchev–Trinajstić information content (AvgIpc) is 2.71. The molecule has 0 aliphatic carbocycles. The summed E-state index contributed by atoms with van der Waals surface area (Å²) in [6.07, 6.45) is 0.597. The molecular formula is C9H9N3O3. The molecule has 2 rings (SSSR count). The van der Waals surface area contributed by atoms with Crippen LogP contribution in [0.25, 0.3) is 0 Å². The van der Waals surface area contributed by atoms with E-state index in [0.717, 1.165) is 5.17 Å². The van der Waals surface area contributed by atoms with Crippen LogP contribution < -0.4 is 5.32 Å². The number of nitrogens with zero attached hydrogens (tertiary/aromatic N) is 2. The van der Waals surface area contributed by atoms with Gasteiger partial charge in [-0.05, 0) is 12.1 Å². The van der Waals surface area contributed by atoms with Crippen molar-refractivity contribution in [3.63, 3.8) is 0 Å². The van der Waals surface area contributed by atoms with Gasteiger partial charge in [-0.15, -0.1) is 5.10 Å². The lowest BCUT2D eigenvalue weighted by molar-refractivity contribution is -0.116. The lowest BCUT2D eigenvalue weighted by Gasteiger charge is -2.11. The van der Waals surface area contributed by atoms with Crippen LogP contribution in [0.4, 0.5) is 10.5 Å². The monoisotopic (exact) mass is 207 g/mol. The lowest BCUT2D eigenvalue weighted by atomic mass is 10.3. The molecule has 1 aromatic rings. The van der Waals surface area contributed by atoms with Gasteiger partial charge in [-0.2, -0.15) is 0 Å². The predicted octanol–water partition coefficient (Wildman–Crippen LogP) is 1.38. The fourth-order valence-corrected chi connectivity index (χ4v) is 1.02. The molecule has 1 aliphatic heterocycles. The Morgan fingerprint density at radius 1 is 1.47 bits per heavy atom. The van der Waals surface area contributed by atoms with Gasteiger partial charge in [0.25, 0.3) is 0 Å². The molecule has 0 saturated carbocycles. The van der Waals surface area contributed by atoms with Crippen LogP contribution in [0.3, 0.4) is 0 Å². The Morgan fingerprint density at radius 2 is 2.27 bits per heavy atom. The summed E-state index contributed by atoms with van der Waals surface area (Å²) in [5.41, 5.74) is 0.659. The Morgan fingerprint density at radius 3 is 2.93 bits per heavy atom. The molecule has 0 spiro atoms. The highest BCUT2D eigenvalue weighted by Gasteiger charge is 2.12. The summed E-state index contributed by atoms with van der Waals surface area (Å²) in [7, 11) is 0. The average molecular weight is 207 g/mol. The smallest absolute Gasteiger partial charge is 0.437 e. The largest absolute Gasteiger partial charge is 0.456 e. The van der Waals surface area contributed by atoms with E-state index < -0.39 is 6.09 Å². The maximum atomic E-state index is 11.3. The molecular weight excluding hydrogens is 198 g/mol. The summed E-state index contributed by atoms with van der Waals surface area (Å²) < 4.78 is 4.74. The van der Waals surface area contributed by atoms with Crippen LogP contribution in [0.1, 0.15) is 0 Å². The van der Waals surface area contributed by atoms with Gasteiger partial charge in [0.1, 0.15) is 0 Å². The van der Waals surface area contributed by atoms with E-state index in [9.17, 15) is 4.79 Å². The van der Waals surface area contributed by atoms with E-state index in [-0.39, 0.29) is 6.73 Å². The number of carbonyl (C=O) groups is 1. The number of para-hydroxylation sites is 1. The summed E-state index contributed by atoms with van der Waals surface area (Å²) in [5, 5.41) is 7.20. The van der Waals surface area contributed by atoms with Gasteiger partial charge in [0.05, 0.1) is 0 Å². The first kappa shape index (κ1) is 9.32. The van der Waals surface area contributed by atoms with E-state index in [1.54, 1.807) is 12.1 Å².